The van der Waals surface area contributed by atoms with E-state index in [-0.39, 0.29) is 0 Å². The Balaban J connectivity index is 2.33. The molecule has 0 amide bonds. The van der Waals surface area contributed by atoms with Crippen molar-refractivity contribution in [2.45, 2.75) is 0 Å². The highest BCUT2D eigenvalue weighted by molar-refractivity contribution is 5.89. The fraction of sp³-hybridized carbons (Fsp3) is 0. The van der Waals surface area contributed by atoms with Gasteiger partial charge in [-0.15, -0.1) is 0 Å². The monoisotopic (exact) mass is 220 g/mol. The van der Waals surface area contributed by atoms with Crippen LogP contribution in [0.4, 0.5) is 0 Å². The first-order chi connectivity index (χ1) is 8.40. The summed E-state index contributed by atoms with van der Waals surface area (Å²) in [6.45, 7) is 3.89. The van der Waals surface area contributed by atoms with E-state index < -0.39 is 0 Å². The van der Waals surface area contributed by atoms with Crippen LogP contribution in [0, 0.1) is 0 Å². The predicted molar refractivity (Wildman–Crippen MR) is 71.6 cm³/mol. The van der Waals surface area contributed by atoms with Gasteiger partial charge in [0.2, 0.25) is 0 Å². The van der Waals surface area contributed by atoms with Crippen LogP contribution in [0.15, 0.2) is 61.4 Å². The lowest BCUT2D eigenvalue weighted by Gasteiger charge is -2.04. The molecule has 1 aromatic carbocycles. The molecular formula is C15H12N2. The van der Waals surface area contributed by atoms with Crippen LogP contribution in [0.2, 0.25) is 0 Å². The molecule has 2 heteroatoms. The van der Waals surface area contributed by atoms with Crippen LogP contribution in [-0.4, -0.2) is 9.55 Å². The second-order valence-corrected chi connectivity index (χ2v) is 3.88. The van der Waals surface area contributed by atoms with Gasteiger partial charge in [-0.25, -0.2) is 0 Å². The average molecular weight is 220 g/mol. The highest BCUT2D eigenvalue weighted by Gasteiger charge is 2.07. The summed E-state index contributed by atoms with van der Waals surface area (Å²) >= 11 is 0. The maximum atomic E-state index is 4.05. The van der Waals surface area contributed by atoms with Crippen LogP contribution in [0.25, 0.3) is 28.4 Å². The van der Waals surface area contributed by atoms with Gasteiger partial charge in [0.05, 0.1) is 11.2 Å². The third kappa shape index (κ3) is 1.54. The van der Waals surface area contributed by atoms with Crippen LogP contribution in [-0.2, 0) is 0 Å². The van der Waals surface area contributed by atoms with Gasteiger partial charge in [0.1, 0.15) is 0 Å². The maximum Gasteiger partial charge on any atom is 0.0535 e. The van der Waals surface area contributed by atoms with Crippen LogP contribution < -0.4 is 0 Å². The van der Waals surface area contributed by atoms with Gasteiger partial charge in [-0.05, 0) is 24.3 Å². The first-order valence-corrected chi connectivity index (χ1v) is 5.53. The Morgan fingerprint density at radius 2 is 1.82 bits per heavy atom. The smallest absolute Gasteiger partial charge is 0.0535 e. The molecule has 82 valence electrons. The number of hydrogen-bond donors (Lipinski definition) is 0. The molecule has 0 aliphatic rings. The SMILES string of the molecule is C=Cn1c(-c2ccncc2)cc2ccccc21. The van der Waals surface area contributed by atoms with Gasteiger partial charge in [-0.1, -0.05) is 24.8 Å². The number of aromatic nitrogens is 2. The third-order valence-electron chi connectivity index (χ3n) is 2.91. The van der Waals surface area contributed by atoms with E-state index in [4.69, 9.17) is 0 Å². The van der Waals surface area contributed by atoms with Crippen molar-refractivity contribution in [3.8, 4) is 11.3 Å². The van der Waals surface area contributed by atoms with Gasteiger partial charge >= 0.3 is 0 Å². The minimum Gasteiger partial charge on any atom is -0.317 e. The van der Waals surface area contributed by atoms with E-state index in [2.05, 4.69) is 34.3 Å². The van der Waals surface area contributed by atoms with E-state index in [9.17, 15) is 0 Å². The topological polar surface area (TPSA) is 17.8 Å². The molecule has 2 aromatic heterocycles. The van der Waals surface area contributed by atoms with Crippen molar-refractivity contribution < 1.29 is 0 Å². The van der Waals surface area contributed by atoms with Crippen molar-refractivity contribution in [1.82, 2.24) is 9.55 Å². The second kappa shape index (κ2) is 3.91. The zero-order chi connectivity index (χ0) is 11.7. The van der Waals surface area contributed by atoms with Gasteiger partial charge in [-0.2, -0.15) is 0 Å². The Labute approximate surface area is 99.8 Å². The molecule has 0 aliphatic carbocycles. The molecule has 0 unspecified atom stereocenters. The highest BCUT2D eigenvalue weighted by atomic mass is 15.0. The molecule has 0 saturated heterocycles. The Kier molecular flexibility index (Phi) is 2.26. The summed E-state index contributed by atoms with van der Waals surface area (Å²) in [4.78, 5) is 4.05. The molecule has 0 aliphatic heterocycles. The summed E-state index contributed by atoms with van der Waals surface area (Å²) in [5.41, 5.74) is 3.47. The van der Waals surface area contributed by atoms with E-state index >= 15 is 0 Å². The zero-order valence-electron chi connectivity index (χ0n) is 9.38. The summed E-state index contributed by atoms with van der Waals surface area (Å²) < 4.78 is 2.10. The Hall–Kier alpha value is -2.35. The Bertz CT molecular complexity index is 666. The van der Waals surface area contributed by atoms with Crippen molar-refractivity contribution in [2.24, 2.45) is 0 Å². The molecule has 2 nitrogen and oxygen atoms in total. The number of rotatable bonds is 2. The molecule has 2 heterocycles. The lowest BCUT2D eigenvalue weighted by molar-refractivity contribution is 1.22. The third-order valence-corrected chi connectivity index (χ3v) is 2.91. The van der Waals surface area contributed by atoms with Crippen molar-refractivity contribution >= 4 is 17.1 Å². The lowest BCUT2D eigenvalue weighted by atomic mass is 10.2. The van der Waals surface area contributed by atoms with E-state index in [1.54, 1.807) is 12.4 Å². The van der Waals surface area contributed by atoms with Crippen molar-refractivity contribution in [1.29, 1.82) is 0 Å². The maximum absolute atomic E-state index is 4.05. The molecule has 0 radical (unpaired) electrons. The minimum atomic E-state index is 1.14. The van der Waals surface area contributed by atoms with Crippen molar-refractivity contribution in [2.75, 3.05) is 0 Å². The molecule has 0 bridgehead atoms. The first-order valence-electron chi connectivity index (χ1n) is 5.53. The first kappa shape index (κ1) is 9.85. The highest BCUT2D eigenvalue weighted by Crippen LogP contribution is 2.27. The molecular weight excluding hydrogens is 208 g/mol. The fourth-order valence-corrected chi connectivity index (χ4v) is 2.12. The van der Waals surface area contributed by atoms with Crippen LogP contribution >= 0.6 is 0 Å². The van der Waals surface area contributed by atoms with Crippen LogP contribution in [0.1, 0.15) is 0 Å². The number of hydrogen-bond acceptors (Lipinski definition) is 1. The van der Waals surface area contributed by atoms with Crippen molar-refractivity contribution in [3.05, 3.63) is 61.4 Å². The number of benzene rings is 1. The quantitative estimate of drug-likeness (QED) is 0.642. The summed E-state index contributed by atoms with van der Waals surface area (Å²) in [5.74, 6) is 0. The molecule has 3 aromatic rings. The van der Waals surface area contributed by atoms with Gasteiger partial charge in [0.15, 0.2) is 0 Å². The predicted octanol–water partition coefficient (Wildman–Crippen LogP) is 3.80. The molecule has 0 N–H and O–H groups in total. The average Bonchev–Trinajstić information content (AvgIpc) is 2.78. The minimum absolute atomic E-state index is 1.14. The van der Waals surface area contributed by atoms with Gasteiger partial charge in [0.25, 0.3) is 0 Å². The number of pyridine rings is 1. The second-order valence-electron chi connectivity index (χ2n) is 3.88. The zero-order valence-corrected chi connectivity index (χ0v) is 9.38. The van der Waals surface area contributed by atoms with E-state index in [1.165, 1.54) is 10.9 Å². The van der Waals surface area contributed by atoms with E-state index in [0.29, 0.717) is 0 Å². The van der Waals surface area contributed by atoms with Crippen molar-refractivity contribution in [3.63, 3.8) is 0 Å². The number of para-hydroxylation sites is 1. The number of fused-ring (bicyclic) bond motifs is 1. The lowest BCUT2D eigenvalue weighted by Crippen LogP contribution is -1.89. The van der Waals surface area contributed by atoms with Crippen LogP contribution in [0.3, 0.4) is 0 Å². The summed E-state index contributed by atoms with van der Waals surface area (Å²) in [6.07, 6.45) is 5.46. The van der Waals surface area contributed by atoms with Crippen LogP contribution in [0.5, 0.6) is 0 Å². The Morgan fingerprint density at radius 1 is 1.06 bits per heavy atom. The molecule has 3 rings (SSSR count). The largest absolute Gasteiger partial charge is 0.317 e. The number of nitrogens with zero attached hydrogens (tertiary/aromatic N) is 2. The van der Waals surface area contributed by atoms with Gasteiger partial charge in [0, 0.05) is 29.5 Å². The fourth-order valence-electron chi connectivity index (χ4n) is 2.12. The van der Waals surface area contributed by atoms with Gasteiger partial charge < -0.3 is 4.57 Å². The standard InChI is InChI=1S/C15H12N2/c1-2-17-14-6-4-3-5-13(14)11-15(17)12-7-9-16-10-8-12/h2-11H,1H2. The molecule has 17 heavy (non-hydrogen) atoms. The summed E-state index contributed by atoms with van der Waals surface area (Å²) in [5, 5.41) is 1.22. The summed E-state index contributed by atoms with van der Waals surface area (Å²) in [6, 6.07) is 14.5. The van der Waals surface area contributed by atoms with E-state index in [0.717, 1.165) is 11.3 Å². The molecule has 0 saturated carbocycles. The molecule has 0 atom stereocenters. The normalized spacial score (nSPS) is 10.6. The Morgan fingerprint density at radius 3 is 2.59 bits per heavy atom. The summed E-state index contributed by atoms with van der Waals surface area (Å²) in [7, 11) is 0. The molecule has 0 fully saturated rings. The van der Waals surface area contributed by atoms with Gasteiger partial charge in [-0.3, -0.25) is 4.98 Å². The van der Waals surface area contributed by atoms with E-state index in [1.807, 2.05) is 30.5 Å². The molecule has 0 spiro atoms.